The van der Waals surface area contributed by atoms with E-state index in [1.807, 2.05) is 0 Å². The van der Waals surface area contributed by atoms with Gasteiger partial charge in [-0.25, -0.2) is 4.79 Å². The van der Waals surface area contributed by atoms with E-state index in [4.69, 9.17) is 14.7 Å². The lowest BCUT2D eigenvalue weighted by Crippen LogP contribution is -2.34. The third-order valence-corrected chi connectivity index (χ3v) is 3.32. The van der Waals surface area contributed by atoms with E-state index in [1.54, 1.807) is 20.8 Å². The largest absolute Gasteiger partial charge is 0.443 e. The summed E-state index contributed by atoms with van der Waals surface area (Å²) >= 11 is 0. The number of primary amides is 1. The predicted molar refractivity (Wildman–Crippen MR) is 88.9 cm³/mol. The van der Waals surface area contributed by atoms with Crippen molar-refractivity contribution in [2.75, 3.05) is 18.2 Å². The molecule has 2 N–H and O–H groups in total. The number of carbonyl (C=O) groups excluding carboxylic acids is 2. The molecule has 1 atom stereocenters. The SMILES string of the molecule is CN(C(=O)OC(C)(C)C)c1ccc(C(OS(C)(=O)=O)C(N)=O)cc1. The van der Waals surface area contributed by atoms with Crippen LogP contribution in [0.1, 0.15) is 32.4 Å². The summed E-state index contributed by atoms with van der Waals surface area (Å²) in [5.41, 5.74) is 5.30. The number of anilines is 1. The summed E-state index contributed by atoms with van der Waals surface area (Å²) in [6.45, 7) is 5.26. The van der Waals surface area contributed by atoms with E-state index >= 15 is 0 Å². The Morgan fingerprint density at radius 1 is 1.17 bits per heavy atom. The molecule has 1 rings (SSSR count). The normalized spacial score (nSPS) is 13.2. The van der Waals surface area contributed by atoms with Crippen LogP contribution in [-0.4, -0.2) is 39.3 Å². The van der Waals surface area contributed by atoms with Crippen molar-refractivity contribution in [2.24, 2.45) is 5.73 Å². The maximum absolute atomic E-state index is 12.0. The molecule has 0 aliphatic carbocycles. The van der Waals surface area contributed by atoms with Crippen LogP contribution in [0, 0.1) is 0 Å². The van der Waals surface area contributed by atoms with Crippen LogP contribution in [0.4, 0.5) is 10.5 Å². The number of ether oxygens (including phenoxy) is 1. The van der Waals surface area contributed by atoms with Gasteiger partial charge in [0.2, 0.25) is 0 Å². The van der Waals surface area contributed by atoms with Gasteiger partial charge < -0.3 is 10.5 Å². The fourth-order valence-corrected chi connectivity index (χ4v) is 2.31. The molecule has 8 nitrogen and oxygen atoms in total. The van der Waals surface area contributed by atoms with Crippen LogP contribution < -0.4 is 10.6 Å². The van der Waals surface area contributed by atoms with Gasteiger partial charge in [-0.3, -0.25) is 13.9 Å². The molecule has 134 valence electrons. The fraction of sp³-hybridized carbons (Fsp3) is 0.467. The molecule has 1 unspecified atom stereocenters. The number of hydrogen-bond acceptors (Lipinski definition) is 6. The summed E-state index contributed by atoms with van der Waals surface area (Å²) in [6.07, 6.45) is -1.15. The Labute approximate surface area is 141 Å². The standard InChI is InChI=1S/C15H22N2O6S/c1-15(2,3)22-14(19)17(4)11-8-6-10(7-9-11)12(13(16)18)23-24(5,20)21/h6-9,12H,1-5H3,(H2,16,18). The van der Waals surface area contributed by atoms with Gasteiger partial charge in [0, 0.05) is 12.7 Å². The van der Waals surface area contributed by atoms with E-state index in [2.05, 4.69) is 0 Å². The maximum Gasteiger partial charge on any atom is 0.414 e. The Hall–Kier alpha value is -2.13. The van der Waals surface area contributed by atoms with Crippen molar-refractivity contribution >= 4 is 27.8 Å². The second kappa shape index (κ2) is 7.18. The van der Waals surface area contributed by atoms with Crippen molar-refractivity contribution in [3.05, 3.63) is 29.8 Å². The lowest BCUT2D eigenvalue weighted by atomic mass is 10.1. The van der Waals surface area contributed by atoms with Gasteiger partial charge in [-0.1, -0.05) is 12.1 Å². The van der Waals surface area contributed by atoms with Crippen molar-refractivity contribution in [1.29, 1.82) is 0 Å². The van der Waals surface area contributed by atoms with Gasteiger partial charge in [0.15, 0.2) is 6.10 Å². The smallest absolute Gasteiger partial charge is 0.414 e. The Bertz CT molecular complexity index is 706. The zero-order valence-corrected chi connectivity index (χ0v) is 15.1. The first-order valence-corrected chi connectivity index (χ1v) is 8.86. The quantitative estimate of drug-likeness (QED) is 0.799. The molecule has 0 aromatic heterocycles. The second-order valence-corrected chi connectivity index (χ2v) is 7.81. The van der Waals surface area contributed by atoms with Crippen molar-refractivity contribution in [2.45, 2.75) is 32.5 Å². The molecule has 1 aromatic carbocycles. The highest BCUT2D eigenvalue weighted by Gasteiger charge is 2.24. The first-order valence-electron chi connectivity index (χ1n) is 7.04. The van der Waals surface area contributed by atoms with Gasteiger partial charge in [0.1, 0.15) is 5.60 Å². The third-order valence-electron chi connectivity index (χ3n) is 2.78. The molecule has 0 saturated carbocycles. The monoisotopic (exact) mass is 358 g/mol. The summed E-state index contributed by atoms with van der Waals surface area (Å²) in [4.78, 5) is 24.7. The molecule has 0 saturated heterocycles. The Morgan fingerprint density at radius 3 is 2.04 bits per heavy atom. The molecule has 1 aromatic rings. The lowest BCUT2D eigenvalue weighted by Gasteiger charge is -2.25. The molecular formula is C15H22N2O6S. The molecule has 24 heavy (non-hydrogen) atoms. The topological polar surface area (TPSA) is 116 Å². The fourth-order valence-electron chi connectivity index (χ4n) is 1.75. The van der Waals surface area contributed by atoms with Crippen LogP contribution >= 0.6 is 0 Å². The number of hydrogen-bond donors (Lipinski definition) is 1. The lowest BCUT2D eigenvalue weighted by molar-refractivity contribution is -0.124. The first-order chi connectivity index (χ1) is 10.8. The average molecular weight is 358 g/mol. The van der Waals surface area contributed by atoms with Crippen molar-refractivity contribution < 1.29 is 26.9 Å². The summed E-state index contributed by atoms with van der Waals surface area (Å²) in [5, 5.41) is 0. The summed E-state index contributed by atoms with van der Waals surface area (Å²) in [6, 6.07) is 5.97. The van der Waals surface area contributed by atoms with Crippen LogP contribution in [0.5, 0.6) is 0 Å². The Balaban J connectivity index is 2.98. The zero-order chi connectivity index (χ0) is 18.7. The summed E-state index contributed by atoms with van der Waals surface area (Å²) in [5.74, 6) is -0.936. The van der Waals surface area contributed by atoms with Crippen LogP contribution in [0.2, 0.25) is 0 Å². The first kappa shape index (κ1) is 19.9. The molecule has 2 amide bonds. The number of rotatable bonds is 5. The number of carbonyl (C=O) groups is 2. The van der Waals surface area contributed by atoms with Crippen molar-refractivity contribution in [1.82, 2.24) is 0 Å². The maximum atomic E-state index is 12.0. The third kappa shape index (κ3) is 6.17. The van der Waals surface area contributed by atoms with E-state index in [0.717, 1.165) is 6.26 Å². The minimum absolute atomic E-state index is 0.259. The minimum Gasteiger partial charge on any atom is -0.443 e. The minimum atomic E-state index is -3.86. The highest BCUT2D eigenvalue weighted by atomic mass is 32.2. The summed E-state index contributed by atoms with van der Waals surface area (Å²) in [7, 11) is -2.33. The molecule has 0 aliphatic rings. The van der Waals surface area contributed by atoms with Crippen LogP contribution in [0.15, 0.2) is 24.3 Å². The zero-order valence-electron chi connectivity index (χ0n) is 14.3. The Morgan fingerprint density at radius 2 is 1.67 bits per heavy atom. The summed E-state index contributed by atoms with van der Waals surface area (Å²) < 4.78 is 32.4. The molecule has 9 heteroatoms. The van der Waals surface area contributed by atoms with Gasteiger partial charge in [-0.15, -0.1) is 0 Å². The average Bonchev–Trinajstić information content (AvgIpc) is 2.41. The van der Waals surface area contributed by atoms with E-state index in [9.17, 15) is 18.0 Å². The van der Waals surface area contributed by atoms with E-state index in [1.165, 1.54) is 36.2 Å². The van der Waals surface area contributed by atoms with Crippen molar-refractivity contribution in [3.63, 3.8) is 0 Å². The van der Waals surface area contributed by atoms with Gasteiger partial charge in [0.05, 0.1) is 6.26 Å². The number of nitrogens with zero attached hydrogens (tertiary/aromatic N) is 1. The van der Waals surface area contributed by atoms with Gasteiger partial charge in [-0.2, -0.15) is 8.42 Å². The number of benzene rings is 1. The molecule has 0 fully saturated rings. The highest BCUT2D eigenvalue weighted by Crippen LogP contribution is 2.23. The van der Waals surface area contributed by atoms with Gasteiger partial charge in [0.25, 0.3) is 16.0 Å². The van der Waals surface area contributed by atoms with E-state index in [0.29, 0.717) is 5.69 Å². The number of nitrogens with two attached hydrogens (primary N) is 1. The second-order valence-electron chi connectivity index (χ2n) is 6.21. The van der Waals surface area contributed by atoms with Crippen molar-refractivity contribution in [3.8, 4) is 0 Å². The van der Waals surface area contributed by atoms with Gasteiger partial charge >= 0.3 is 6.09 Å². The molecule has 0 heterocycles. The molecule has 0 aliphatic heterocycles. The Kier molecular flexibility index (Phi) is 5.96. The van der Waals surface area contributed by atoms with Crippen LogP contribution in [0.3, 0.4) is 0 Å². The predicted octanol–water partition coefficient (Wildman–Crippen LogP) is 1.56. The van der Waals surface area contributed by atoms with Gasteiger partial charge in [-0.05, 0) is 38.5 Å². The molecule has 0 bridgehead atoms. The number of amides is 2. The molecular weight excluding hydrogens is 336 g/mol. The van der Waals surface area contributed by atoms with Crippen LogP contribution in [0.25, 0.3) is 0 Å². The molecule has 0 spiro atoms. The highest BCUT2D eigenvalue weighted by molar-refractivity contribution is 7.86. The molecule has 0 radical (unpaired) electrons. The van der Waals surface area contributed by atoms with E-state index in [-0.39, 0.29) is 5.56 Å². The van der Waals surface area contributed by atoms with Crippen LogP contribution in [-0.2, 0) is 23.8 Å². The van der Waals surface area contributed by atoms with E-state index < -0.39 is 33.8 Å².